The SMILES string of the molecule is Cn1cccc1[C@@H]1CCC[NH+]1CC(=O)Nc1cccc(I)c1. The van der Waals surface area contributed by atoms with Crippen molar-refractivity contribution in [3.05, 3.63) is 51.9 Å². The average molecular weight is 410 g/mol. The highest BCUT2D eigenvalue weighted by Crippen LogP contribution is 2.19. The van der Waals surface area contributed by atoms with Crippen molar-refractivity contribution >= 4 is 34.2 Å². The molecule has 0 spiro atoms. The Morgan fingerprint density at radius 3 is 3.00 bits per heavy atom. The Morgan fingerprint density at radius 1 is 1.41 bits per heavy atom. The number of anilines is 1. The first kappa shape index (κ1) is 15.6. The minimum absolute atomic E-state index is 0.0955. The number of benzene rings is 1. The molecule has 1 aliphatic heterocycles. The number of amides is 1. The maximum atomic E-state index is 12.3. The van der Waals surface area contributed by atoms with Gasteiger partial charge in [-0.3, -0.25) is 4.79 Å². The summed E-state index contributed by atoms with van der Waals surface area (Å²) in [7, 11) is 2.08. The summed E-state index contributed by atoms with van der Waals surface area (Å²) in [5.74, 6) is 0.0955. The van der Waals surface area contributed by atoms with Crippen LogP contribution in [-0.2, 0) is 11.8 Å². The Labute approximate surface area is 144 Å². The number of carbonyl (C=O) groups excluding carboxylic acids is 1. The van der Waals surface area contributed by atoms with E-state index in [-0.39, 0.29) is 5.91 Å². The monoisotopic (exact) mass is 410 g/mol. The van der Waals surface area contributed by atoms with Crippen LogP contribution in [0.25, 0.3) is 0 Å². The highest BCUT2D eigenvalue weighted by atomic mass is 127. The fourth-order valence-electron chi connectivity index (χ4n) is 3.29. The third-order valence-corrected chi connectivity index (χ3v) is 4.99. The van der Waals surface area contributed by atoms with Crippen LogP contribution >= 0.6 is 22.6 Å². The topological polar surface area (TPSA) is 38.5 Å². The molecular formula is C17H21IN3O+. The van der Waals surface area contributed by atoms with E-state index < -0.39 is 0 Å². The molecule has 0 bridgehead atoms. The minimum Gasteiger partial charge on any atom is -0.350 e. The van der Waals surface area contributed by atoms with E-state index in [0.29, 0.717) is 12.6 Å². The van der Waals surface area contributed by atoms with E-state index in [0.717, 1.165) is 22.2 Å². The fraction of sp³-hybridized carbons (Fsp3) is 0.353. The van der Waals surface area contributed by atoms with Crippen molar-refractivity contribution in [2.24, 2.45) is 7.05 Å². The molecule has 4 nitrogen and oxygen atoms in total. The van der Waals surface area contributed by atoms with Crippen LogP contribution in [0.5, 0.6) is 0 Å². The number of carbonyl (C=O) groups is 1. The molecule has 0 radical (unpaired) electrons. The molecule has 1 aromatic carbocycles. The molecular weight excluding hydrogens is 389 g/mol. The van der Waals surface area contributed by atoms with Gasteiger partial charge in [0.1, 0.15) is 6.04 Å². The molecule has 1 amide bonds. The maximum Gasteiger partial charge on any atom is 0.279 e. The van der Waals surface area contributed by atoms with Crippen LogP contribution in [0.4, 0.5) is 5.69 Å². The van der Waals surface area contributed by atoms with E-state index in [1.807, 2.05) is 24.3 Å². The van der Waals surface area contributed by atoms with Crippen molar-refractivity contribution in [1.82, 2.24) is 4.57 Å². The van der Waals surface area contributed by atoms with Crippen LogP contribution in [0.15, 0.2) is 42.6 Å². The van der Waals surface area contributed by atoms with Crippen molar-refractivity contribution in [2.45, 2.75) is 18.9 Å². The Kier molecular flexibility index (Phi) is 4.83. The van der Waals surface area contributed by atoms with Gasteiger partial charge >= 0.3 is 0 Å². The van der Waals surface area contributed by atoms with Gasteiger partial charge in [-0.1, -0.05) is 6.07 Å². The first-order chi connectivity index (χ1) is 10.6. The van der Waals surface area contributed by atoms with Crippen LogP contribution < -0.4 is 10.2 Å². The largest absolute Gasteiger partial charge is 0.350 e. The number of halogens is 1. The molecule has 1 unspecified atom stereocenters. The lowest BCUT2D eigenvalue weighted by molar-refractivity contribution is -0.910. The first-order valence-corrected chi connectivity index (χ1v) is 8.72. The fourth-order valence-corrected chi connectivity index (χ4v) is 3.84. The number of aryl methyl sites for hydroxylation is 1. The third kappa shape index (κ3) is 3.52. The zero-order valence-electron chi connectivity index (χ0n) is 12.7. The van der Waals surface area contributed by atoms with Crippen LogP contribution in [0.3, 0.4) is 0 Å². The molecule has 3 rings (SSSR count). The number of nitrogens with one attached hydrogen (secondary N) is 2. The van der Waals surface area contributed by atoms with Crippen molar-refractivity contribution in [2.75, 3.05) is 18.4 Å². The van der Waals surface area contributed by atoms with Gasteiger partial charge in [0, 0.05) is 35.3 Å². The van der Waals surface area contributed by atoms with Gasteiger partial charge < -0.3 is 14.8 Å². The number of likely N-dealkylation sites (tertiary alicyclic amines) is 1. The van der Waals surface area contributed by atoms with E-state index in [1.165, 1.54) is 17.0 Å². The molecule has 5 heteroatoms. The number of aromatic nitrogens is 1. The van der Waals surface area contributed by atoms with E-state index in [9.17, 15) is 4.79 Å². The predicted molar refractivity (Wildman–Crippen MR) is 95.9 cm³/mol. The van der Waals surface area contributed by atoms with Crippen LogP contribution in [-0.4, -0.2) is 23.6 Å². The Bertz CT molecular complexity index is 667. The quantitative estimate of drug-likeness (QED) is 0.744. The normalized spacial score (nSPS) is 21.0. The van der Waals surface area contributed by atoms with Gasteiger partial charge in [-0.15, -0.1) is 0 Å². The second-order valence-corrected chi connectivity index (χ2v) is 7.13. The summed E-state index contributed by atoms with van der Waals surface area (Å²) in [6.45, 7) is 1.59. The summed E-state index contributed by atoms with van der Waals surface area (Å²) in [4.78, 5) is 13.7. The highest BCUT2D eigenvalue weighted by Gasteiger charge is 2.32. The van der Waals surface area contributed by atoms with Gasteiger partial charge in [-0.25, -0.2) is 0 Å². The van der Waals surface area contributed by atoms with Crippen molar-refractivity contribution in [1.29, 1.82) is 0 Å². The van der Waals surface area contributed by atoms with Gasteiger partial charge in [0.05, 0.1) is 12.2 Å². The number of rotatable bonds is 4. The molecule has 2 atom stereocenters. The smallest absolute Gasteiger partial charge is 0.279 e. The summed E-state index contributed by atoms with van der Waals surface area (Å²) in [6, 6.07) is 12.6. The van der Waals surface area contributed by atoms with E-state index in [2.05, 4.69) is 57.9 Å². The second kappa shape index (κ2) is 6.83. The number of hydrogen-bond donors (Lipinski definition) is 2. The molecule has 116 valence electrons. The molecule has 22 heavy (non-hydrogen) atoms. The van der Waals surface area contributed by atoms with Crippen molar-refractivity contribution in [3.8, 4) is 0 Å². The molecule has 1 saturated heterocycles. The molecule has 1 fully saturated rings. The van der Waals surface area contributed by atoms with Crippen molar-refractivity contribution < 1.29 is 9.69 Å². The van der Waals surface area contributed by atoms with Crippen LogP contribution in [0, 0.1) is 3.57 Å². The van der Waals surface area contributed by atoms with Crippen LogP contribution in [0.2, 0.25) is 0 Å². The molecule has 2 heterocycles. The summed E-state index contributed by atoms with van der Waals surface area (Å²) >= 11 is 2.26. The molecule has 0 aliphatic carbocycles. The number of nitrogens with zero attached hydrogens (tertiary/aromatic N) is 1. The highest BCUT2D eigenvalue weighted by molar-refractivity contribution is 14.1. The summed E-state index contributed by atoms with van der Waals surface area (Å²) in [5.41, 5.74) is 2.21. The van der Waals surface area contributed by atoms with Gasteiger partial charge in [-0.05, 0) is 52.9 Å². The molecule has 1 aromatic heterocycles. The number of hydrogen-bond acceptors (Lipinski definition) is 1. The molecule has 2 N–H and O–H groups in total. The van der Waals surface area contributed by atoms with Gasteiger partial charge in [0.2, 0.25) is 0 Å². The second-order valence-electron chi connectivity index (χ2n) is 5.88. The Morgan fingerprint density at radius 2 is 2.27 bits per heavy atom. The summed E-state index contributed by atoms with van der Waals surface area (Å²) in [6.07, 6.45) is 4.42. The number of quaternary nitrogens is 1. The van der Waals surface area contributed by atoms with Gasteiger partial charge in [0.25, 0.3) is 5.91 Å². The maximum absolute atomic E-state index is 12.3. The first-order valence-electron chi connectivity index (χ1n) is 7.65. The summed E-state index contributed by atoms with van der Waals surface area (Å²) < 4.78 is 3.30. The van der Waals surface area contributed by atoms with Crippen LogP contribution in [0.1, 0.15) is 24.6 Å². The summed E-state index contributed by atoms with van der Waals surface area (Å²) in [5, 5.41) is 3.02. The van der Waals surface area contributed by atoms with E-state index >= 15 is 0 Å². The Balaban J connectivity index is 1.64. The predicted octanol–water partition coefficient (Wildman–Crippen LogP) is 1.99. The lowest BCUT2D eigenvalue weighted by Crippen LogP contribution is -3.11. The zero-order chi connectivity index (χ0) is 15.5. The van der Waals surface area contributed by atoms with Crippen molar-refractivity contribution in [3.63, 3.8) is 0 Å². The van der Waals surface area contributed by atoms with E-state index in [1.54, 1.807) is 0 Å². The third-order valence-electron chi connectivity index (χ3n) is 4.32. The standard InChI is InChI=1S/C17H20IN3O/c1-20-9-3-7-15(20)16-8-4-10-21(16)12-17(22)19-14-6-2-5-13(18)11-14/h2-3,5-7,9,11,16H,4,8,10,12H2,1H3,(H,19,22)/p+1/t16-/m0/s1. The van der Waals surface area contributed by atoms with Gasteiger partial charge in [0.15, 0.2) is 6.54 Å². The minimum atomic E-state index is 0.0955. The molecule has 1 aliphatic rings. The Hall–Kier alpha value is -1.34. The van der Waals surface area contributed by atoms with E-state index in [4.69, 9.17) is 0 Å². The lowest BCUT2D eigenvalue weighted by Gasteiger charge is -2.21. The van der Waals surface area contributed by atoms with Gasteiger partial charge in [-0.2, -0.15) is 0 Å². The average Bonchev–Trinajstić information content (AvgIpc) is 3.07. The lowest BCUT2D eigenvalue weighted by atomic mass is 10.1. The molecule has 0 saturated carbocycles. The molecule has 2 aromatic rings. The zero-order valence-corrected chi connectivity index (χ0v) is 14.8.